The zero-order valence-corrected chi connectivity index (χ0v) is 7.71. The highest BCUT2D eigenvalue weighted by atomic mass is 16.5. The molecule has 1 rings (SSSR count). The number of nitriles is 1. The molecule has 1 fully saturated rings. The van der Waals surface area contributed by atoms with E-state index in [1.165, 1.54) is 0 Å². The zero-order chi connectivity index (χ0) is 8.97. The Morgan fingerprint density at radius 2 is 2.33 bits per heavy atom. The van der Waals surface area contributed by atoms with Gasteiger partial charge in [0.2, 0.25) is 0 Å². The minimum absolute atomic E-state index is 0.0550. The molecule has 1 N–H and O–H groups in total. The van der Waals surface area contributed by atoms with Crippen LogP contribution in [0.4, 0.5) is 0 Å². The smallest absolute Gasteiger partial charge is 0.0926 e. The Bertz CT molecular complexity index is 170. The van der Waals surface area contributed by atoms with Crippen LogP contribution >= 0.6 is 0 Å². The van der Waals surface area contributed by atoms with Crippen LogP contribution in [0, 0.1) is 17.2 Å². The topological polar surface area (TPSA) is 45.0 Å². The summed E-state index contributed by atoms with van der Waals surface area (Å²) in [6, 6.07) is 2.50. The third-order valence-electron chi connectivity index (χ3n) is 2.38. The van der Waals surface area contributed by atoms with Crippen LogP contribution < -0.4 is 5.32 Å². The molecular weight excluding hydrogens is 152 g/mol. The molecule has 68 valence electrons. The number of hydrogen-bond donors (Lipinski definition) is 1. The second-order valence-corrected chi connectivity index (χ2v) is 3.43. The number of rotatable bonds is 3. The molecule has 0 spiro atoms. The maximum absolute atomic E-state index is 8.58. The van der Waals surface area contributed by atoms with Gasteiger partial charge in [-0.3, -0.25) is 5.32 Å². The Labute approximate surface area is 73.7 Å². The van der Waals surface area contributed by atoms with Crippen LogP contribution in [0.1, 0.15) is 20.3 Å². The summed E-state index contributed by atoms with van der Waals surface area (Å²) in [5, 5.41) is 11.8. The average Bonchev–Trinajstić information content (AvgIpc) is 2.56. The molecule has 0 aromatic rings. The maximum atomic E-state index is 8.58. The summed E-state index contributed by atoms with van der Waals surface area (Å²) >= 11 is 0. The molecular formula is C9H16N2O. The van der Waals surface area contributed by atoms with Gasteiger partial charge in [-0.2, -0.15) is 5.26 Å². The van der Waals surface area contributed by atoms with Crippen LogP contribution in [0.15, 0.2) is 0 Å². The lowest BCUT2D eigenvalue weighted by molar-refractivity contribution is 0.178. The van der Waals surface area contributed by atoms with Crippen molar-refractivity contribution in [2.45, 2.75) is 32.4 Å². The predicted molar refractivity (Wildman–Crippen MR) is 46.6 cm³/mol. The van der Waals surface area contributed by atoms with E-state index >= 15 is 0 Å². The second-order valence-electron chi connectivity index (χ2n) is 3.43. The highest BCUT2D eigenvalue weighted by Crippen LogP contribution is 2.16. The molecule has 3 nitrogen and oxygen atoms in total. The Morgan fingerprint density at radius 1 is 1.58 bits per heavy atom. The van der Waals surface area contributed by atoms with E-state index in [0.717, 1.165) is 19.6 Å². The van der Waals surface area contributed by atoms with E-state index in [9.17, 15) is 0 Å². The third-order valence-corrected chi connectivity index (χ3v) is 2.38. The molecule has 0 saturated carbocycles. The first-order valence-corrected chi connectivity index (χ1v) is 4.47. The monoisotopic (exact) mass is 168 g/mol. The van der Waals surface area contributed by atoms with Crippen molar-refractivity contribution in [2.24, 2.45) is 5.92 Å². The van der Waals surface area contributed by atoms with Crippen LogP contribution in [-0.2, 0) is 4.74 Å². The van der Waals surface area contributed by atoms with Crippen LogP contribution in [-0.4, -0.2) is 25.3 Å². The molecule has 3 unspecified atom stereocenters. The van der Waals surface area contributed by atoms with Gasteiger partial charge in [-0.15, -0.1) is 0 Å². The molecule has 3 atom stereocenters. The molecule has 1 saturated heterocycles. The van der Waals surface area contributed by atoms with Crippen LogP contribution in [0.2, 0.25) is 0 Å². The number of nitrogens with one attached hydrogen (secondary N) is 1. The Balaban J connectivity index is 2.27. The molecule has 0 radical (unpaired) electrons. The summed E-state index contributed by atoms with van der Waals surface area (Å²) in [6.07, 6.45) is 1.12. The average molecular weight is 168 g/mol. The van der Waals surface area contributed by atoms with Gasteiger partial charge in [0.15, 0.2) is 0 Å². The van der Waals surface area contributed by atoms with Gasteiger partial charge in [0.1, 0.15) is 0 Å². The lowest BCUT2D eigenvalue weighted by Crippen LogP contribution is -2.39. The SMILES string of the molecule is CC(C#N)NC(C)C1CCOC1. The van der Waals surface area contributed by atoms with E-state index in [2.05, 4.69) is 18.3 Å². The zero-order valence-electron chi connectivity index (χ0n) is 7.71. The fraction of sp³-hybridized carbons (Fsp3) is 0.889. The molecule has 12 heavy (non-hydrogen) atoms. The molecule has 0 aromatic heterocycles. The van der Waals surface area contributed by atoms with Gasteiger partial charge < -0.3 is 4.74 Å². The number of nitrogens with zero attached hydrogens (tertiary/aromatic N) is 1. The van der Waals surface area contributed by atoms with Gasteiger partial charge in [0.25, 0.3) is 0 Å². The van der Waals surface area contributed by atoms with Crippen molar-refractivity contribution in [1.82, 2.24) is 5.32 Å². The molecule has 1 heterocycles. The lowest BCUT2D eigenvalue weighted by Gasteiger charge is -2.20. The van der Waals surface area contributed by atoms with Crippen molar-refractivity contribution in [2.75, 3.05) is 13.2 Å². The van der Waals surface area contributed by atoms with Crippen molar-refractivity contribution in [3.05, 3.63) is 0 Å². The fourth-order valence-corrected chi connectivity index (χ4v) is 1.51. The van der Waals surface area contributed by atoms with E-state index in [1.54, 1.807) is 0 Å². The Morgan fingerprint density at radius 3 is 2.83 bits per heavy atom. The summed E-state index contributed by atoms with van der Waals surface area (Å²) in [5.74, 6) is 0.584. The van der Waals surface area contributed by atoms with E-state index in [1.807, 2.05) is 6.92 Å². The molecule has 3 heteroatoms. The quantitative estimate of drug-likeness (QED) is 0.681. The van der Waals surface area contributed by atoms with Crippen molar-refractivity contribution in [3.63, 3.8) is 0 Å². The minimum atomic E-state index is -0.0550. The summed E-state index contributed by atoms with van der Waals surface area (Å²) < 4.78 is 5.27. The fourth-order valence-electron chi connectivity index (χ4n) is 1.51. The third kappa shape index (κ3) is 2.47. The first kappa shape index (κ1) is 9.50. The largest absolute Gasteiger partial charge is 0.381 e. The number of hydrogen-bond acceptors (Lipinski definition) is 3. The van der Waals surface area contributed by atoms with E-state index in [-0.39, 0.29) is 6.04 Å². The van der Waals surface area contributed by atoms with E-state index < -0.39 is 0 Å². The van der Waals surface area contributed by atoms with Crippen LogP contribution in [0.3, 0.4) is 0 Å². The van der Waals surface area contributed by atoms with Gasteiger partial charge in [0.05, 0.1) is 18.7 Å². The number of ether oxygens (including phenoxy) is 1. The van der Waals surface area contributed by atoms with Gasteiger partial charge in [-0.1, -0.05) is 0 Å². The minimum Gasteiger partial charge on any atom is -0.381 e. The second kappa shape index (κ2) is 4.44. The van der Waals surface area contributed by atoms with Crippen molar-refractivity contribution < 1.29 is 4.74 Å². The van der Waals surface area contributed by atoms with E-state index in [4.69, 9.17) is 10.00 Å². The predicted octanol–water partition coefficient (Wildman–Crippen LogP) is 0.913. The lowest BCUT2D eigenvalue weighted by atomic mass is 10.0. The summed E-state index contributed by atoms with van der Waals surface area (Å²) in [4.78, 5) is 0. The highest BCUT2D eigenvalue weighted by Gasteiger charge is 2.22. The van der Waals surface area contributed by atoms with Gasteiger partial charge in [-0.05, 0) is 26.2 Å². The Kier molecular flexibility index (Phi) is 3.51. The van der Waals surface area contributed by atoms with Crippen molar-refractivity contribution in [1.29, 1.82) is 5.26 Å². The van der Waals surface area contributed by atoms with Crippen molar-refractivity contribution >= 4 is 0 Å². The molecule has 0 aromatic carbocycles. The van der Waals surface area contributed by atoms with E-state index in [0.29, 0.717) is 12.0 Å². The molecule has 0 amide bonds. The summed E-state index contributed by atoms with van der Waals surface area (Å²) in [7, 11) is 0. The molecule has 1 aliphatic heterocycles. The summed E-state index contributed by atoms with van der Waals surface area (Å²) in [5.41, 5.74) is 0. The van der Waals surface area contributed by atoms with Gasteiger partial charge in [0, 0.05) is 12.6 Å². The Hall–Kier alpha value is -0.590. The van der Waals surface area contributed by atoms with Gasteiger partial charge >= 0.3 is 0 Å². The van der Waals surface area contributed by atoms with Crippen LogP contribution in [0.5, 0.6) is 0 Å². The standard InChI is InChI=1S/C9H16N2O/c1-7(5-10)11-8(2)9-3-4-12-6-9/h7-9,11H,3-4,6H2,1-2H3. The van der Waals surface area contributed by atoms with Crippen LogP contribution in [0.25, 0.3) is 0 Å². The first-order chi connectivity index (χ1) is 5.74. The van der Waals surface area contributed by atoms with Gasteiger partial charge in [-0.25, -0.2) is 0 Å². The normalized spacial score (nSPS) is 27.9. The highest BCUT2D eigenvalue weighted by molar-refractivity contribution is 4.89. The molecule has 0 bridgehead atoms. The first-order valence-electron chi connectivity index (χ1n) is 4.47. The summed E-state index contributed by atoms with van der Waals surface area (Å²) in [6.45, 7) is 5.71. The maximum Gasteiger partial charge on any atom is 0.0926 e. The molecule has 1 aliphatic rings. The molecule has 0 aliphatic carbocycles. The van der Waals surface area contributed by atoms with Crippen molar-refractivity contribution in [3.8, 4) is 6.07 Å².